The number of esters is 1. The number of piperidine rings is 1. The summed E-state index contributed by atoms with van der Waals surface area (Å²) in [5.41, 5.74) is 3.22. The fourth-order valence-corrected chi connectivity index (χ4v) is 5.00. The molecule has 0 saturated carbocycles. The van der Waals surface area contributed by atoms with Gasteiger partial charge in [-0.05, 0) is 53.5 Å². The van der Waals surface area contributed by atoms with Crippen molar-refractivity contribution in [1.82, 2.24) is 0 Å². The van der Waals surface area contributed by atoms with Crippen LogP contribution in [0.1, 0.15) is 42.9 Å². The zero-order valence-electron chi connectivity index (χ0n) is 20.5. The SMILES string of the molecule is CCOC(=O)C1(c2ccccc2)CC[NH+](CCC=C(c2ccc(F)cc2)c2ccc(F)cc2)CC1.[Cl-]. The molecule has 3 aromatic rings. The van der Waals surface area contributed by atoms with Crippen LogP contribution in [0.5, 0.6) is 0 Å². The summed E-state index contributed by atoms with van der Waals surface area (Å²) in [6.45, 7) is 4.90. The van der Waals surface area contributed by atoms with Crippen LogP contribution in [0, 0.1) is 11.6 Å². The molecule has 1 fully saturated rings. The molecule has 0 radical (unpaired) electrons. The Hall–Kier alpha value is -3.02. The molecule has 6 heteroatoms. The number of carbonyl (C=O) groups is 1. The second-order valence-electron chi connectivity index (χ2n) is 9.09. The molecule has 36 heavy (non-hydrogen) atoms. The molecule has 0 unspecified atom stereocenters. The van der Waals surface area contributed by atoms with Gasteiger partial charge in [0, 0.05) is 19.3 Å². The Kier molecular flexibility index (Phi) is 9.80. The van der Waals surface area contributed by atoms with Crippen molar-refractivity contribution in [2.24, 2.45) is 0 Å². The van der Waals surface area contributed by atoms with Crippen LogP contribution in [-0.4, -0.2) is 32.2 Å². The van der Waals surface area contributed by atoms with Gasteiger partial charge >= 0.3 is 5.97 Å². The lowest BCUT2D eigenvalue weighted by atomic mass is 9.72. The third kappa shape index (κ3) is 6.40. The van der Waals surface area contributed by atoms with E-state index in [1.807, 2.05) is 37.3 Å². The first-order valence-electron chi connectivity index (χ1n) is 12.3. The van der Waals surface area contributed by atoms with Gasteiger partial charge in [-0.2, -0.15) is 0 Å². The number of hydrogen-bond acceptors (Lipinski definition) is 2. The standard InChI is InChI=1S/C30H31F2NO2.ClH/c1-2-35-29(34)30(25-7-4-3-5-8-25)18-21-33(22-19-30)20-6-9-28(23-10-14-26(31)15-11-23)24-12-16-27(32)17-13-24;/h3-5,7-17H,2,6,18-22H2,1H3;1H. The van der Waals surface area contributed by atoms with Crippen molar-refractivity contribution in [3.8, 4) is 0 Å². The molecular formula is C30H32ClF2NO2. The fourth-order valence-electron chi connectivity index (χ4n) is 5.00. The second kappa shape index (κ2) is 12.8. The van der Waals surface area contributed by atoms with Crippen LogP contribution in [0.3, 0.4) is 0 Å². The Balaban J connectivity index is 0.00000361. The maximum atomic E-state index is 13.5. The van der Waals surface area contributed by atoms with Gasteiger partial charge in [-0.3, -0.25) is 4.79 Å². The maximum Gasteiger partial charge on any atom is 0.317 e. The Morgan fingerprint density at radius 2 is 1.42 bits per heavy atom. The molecule has 1 heterocycles. The summed E-state index contributed by atoms with van der Waals surface area (Å²) in [7, 11) is 0. The first-order chi connectivity index (χ1) is 17.0. The Labute approximate surface area is 218 Å². The molecule has 0 aromatic heterocycles. The summed E-state index contributed by atoms with van der Waals surface area (Å²) in [6.07, 6.45) is 4.46. The Bertz CT molecular complexity index is 1090. The van der Waals surface area contributed by atoms with Crippen molar-refractivity contribution in [3.05, 3.63) is 113 Å². The van der Waals surface area contributed by atoms with Crippen LogP contribution in [0.4, 0.5) is 8.78 Å². The highest BCUT2D eigenvalue weighted by molar-refractivity contribution is 5.83. The van der Waals surface area contributed by atoms with Crippen molar-refractivity contribution in [1.29, 1.82) is 0 Å². The third-order valence-electron chi connectivity index (χ3n) is 6.96. The molecule has 1 aliphatic heterocycles. The smallest absolute Gasteiger partial charge is 0.317 e. The molecule has 1 N–H and O–H groups in total. The highest BCUT2D eigenvalue weighted by Crippen LogP contribution is 2.34. The predicted molar refractivity (Wildman–Crippen MR) is 134 cm³/mol. The van der Waals surface area contributed by atoms with E-state index in [0.29, 0.717) is 6.61 Å². The van der Waals surface area contributed by atoms with Crippen LogP contribution in [0.2, 0.25) is 0 Å². The van der Waals surface area contributed by atoms with Crippen LogP contribution in [-0.2, 0) is 14.9 Å². The van der Waals surface area contributed by atoms with Gasteiger partial charge in [-0.1, -0.05) is 60.7 Å². The average molecular weight is 512 g/mol. The molecule has 3 nitrogen and oxygen atoms in total. The van der Waals surface area contributed by atoms with E-state index in [0.717, 1.165) is 61.2 Å². The quantitative estimate of drug-likeness (QED) is 0.469. The molecule has 0 amide bonds. The largest absolute Gasteiger partial charge is 1.00 e. The van der Waals surface area contributed by atoms with E-state index in [2.05, 4.69) is 6.08 Å². The van der Waals surface area contributed by atoms with Crippen molar-refractivity contribution >= 4 is 11.5 Å². The van der Waals surface area contributed by atoms with Gasteiger partial charge in [-0.25, -0.2) is 8.78 Å². The van der Waals surface area contributed by atoms with Gasteiger partial charge in [-0.15, -0.1) is 0 Å². The lowest BCUT2D eigenvalue weighted by molar-refractivity contribution is -0.905. The molecule has 4 rings (SSSR count). The fraction of sp³-hybridized carbons (Fsp3) is 0.300. The molecule has 0 aliphatic carbocycles. The number of likely N-dealkylation sites (tertiary alicyclic amines) is 1. The number of carbonyl (C=O) groups excluding carboxylic acids is 1. The molecular weight excluding hydrogens is 480 g/mol. The van der Waals surface area contributed by atoms with Gasteiger partial charge < -0.3 is 22.0 Å². The number of rotatable bonds is 8. The Morgan fingerprint density at radius 1 is 0.889 bits per heavy atom. The van der Waals surface area contributed by atoms with Crippen LogP contribution < -0.4 is 17.3 Å². The lowest BCUT2D eigenvalue weighted by Crippen LogP contribution is -3.13. The van der Waals surface area contributed by atoms with E-state index >= 15 is 0 Å². The van der Waals surface area contributed by atoms with E-state index in [1.54, 1.807) is 24.3 Å². The van der Waals surface area contributed by atoms with Crippen molar-refractivity contribution in [2.45, 2.75) is 31.6 Å². The van der Waals surface area contributed by atoms with Crippen molar-refractivity contribution in [2.75, 3.05) is 26.2 Å². The van der Waals surface area contributed by atoms with Crippen LogP contribution in [0.15, 0.2) is 84.9 Å². The number of ether oxygens (including phenoxy) is 1. The van der Waals surface area contributed by atoms with Gasteiger partial charge in [0.1, 0.15) is 17.0 Å². The third-order valence-corrected chi connectivity index (χ3v) is 6.96. The molecule has 190 valence electrons. The lowest BCUT2D eigenvalue weighted by Gasteiger charge is -2.38. The van der Waals surface area contributed by atoms with Gasteiger partial charge in [0.05, 0.1) is 26.2 Å². The van der Waals surface area contributed by atoms with Crippen molar-refractivity contribution in [3.63, 3.8) is 0 Å². The zero-order chi connectivity index (χ0) is 24.7. The minimum atomic E-state index is -0.579. The molecule has 1 aliphatic rings. The minimum Gasteiger partial charge on any atom is -1.00 e. The van der Waals surface area contributed by atoms with Gasteiger partial charge in [0.25, 0.3) is 0 Å². The first kappa shape index (κ1) is 27.6. The molecule has 0 bridgehead atoms. The highest BCUT2D eigenvalue weighted by atomic mass is 35.5. The molecule has 1 saturated heterocycles. The monoisotopic (exact) mass is 511 g/mol. The predicted octanol–water partition coefficient (Wildman–Crippen LogP) is 1.97. The number of benzene rings is 3. The molecule has 0 spiro atoms. The number of quaternary nitrogens is 1. The first-order valence-corrected chi connectivity index (χ1v) is 12.3. The summed E-state index contributed by atoms with van der Waals surface area (Å²) in [4.78, 5) is 14.4. The van der Waals surface area contributed by atoms with Gasteiger partial charge in [0.2, 0.25) is 0 Å². The van der Waals surface area contributed by atoms with Crippen LogP contribution >= 0.6 is 0 Å². The van der Waals surface area contributed by atoms with E-state index in [4.69, 9.17) is 4.74 Å². The van der Waals surface area contributed by atoms with Gasteiger partial charge in [0.15, 0.2) is 0 Å². The van der Waals surface area contributed by atoms with Crippen molar-refractivity contribution < 1.29 is 35.6 Å². The number of hydrogen-bond donors (Lipinski definition) is 1. The average Bonchev–Trinajstić information content (AvgIpc) is 2.89. The van der Waals surface area contributed by atoms with E-state index in [-0.39, 0.29) is 30.0 Å². The highest BCUT2D eigenvalue weighted by Gasteiger charge is 2.45. The summed E-state index contributed by atoms with van der Waals surface area (Å²) >= 11 is 0. The Morgan fingerprint density at radius 3 is 1.92 bits per heavy atom. The topological polar surface area (TPSA) is 30.7 Å². The normalized spacial score (nSPS) is 19.1. The zero-order valence-corrected chi connectivity index (χ0v) is 21.2. The summed E-state index contributed by atoms with van der Waals surface area (Å²) in [5.74, 6) is -0.693. The second-order valence-corrected chi connectivity index (χ2v) is 9.09. The summed E-state index contributed by atoms with van der Waals surface area (Å²) in [6, 6.07) is 22.8. The summed E-state index contributed by atoms with van der Waals surface area (Å²) < 4.78 is 32.5. The minimum absolute atomic E-state index is 0. The van der Waals surface area contributed by atoms with Crippen LogP contribution in [0.25, 0.3) is 5.57 Å². The van der Waals surface area contributed by atoms with E-state index < -0.39 is 5.41 Å². The van der Waals surface area contributed by atoms with E-state index in [9.17, 15) is 13.6 Å². The molecule has 3 aromatic carbocycles. The number of halogens is 3. The summed E-state index contributed by atoms with van der Waals surface area (Å²) in [5, 5.41) is 0. The number of nitrogens with one attached hydrogen (secondary N) is 1. The van der Waals surface area contributed by atoms with E-state index in [1.165, 1.54) is 29.2 Å². The maximum absolute atomic E-state index is 13.5. The molecule has 0 atom stereocenters.